The molecule has 0 saturated heterocycles. The topological polar surface area (TPSA) is 58.2 Å². The highest BCUT2D eigenvalue weighted by Gasteiger charge is 2.03. The highest BCUT2D eigenvalue weighted by Crippen LogP contribution is 2.02. The summed E-state index contributed by atoms with van der Waals surface area (Å²) in [4.78, 5) is 21.5. The minimum absolute atomic E-state index is 0.119. The summed E-state index contributed by atoms with van der Waals surface area (Å²) in [5.74, 6) is -0.119. The molecule has 0 bridgehead atoms. The third kappa shape index (κ3) is 3.81. The molecule has 0 spiro atoms. The van der Waals surface area contributed by atoms with Crippen LogP contribution in [-0.2, 0) is 4.79 Å². The third-order valence-electron chi connectivity index (χ3n) is 1.92. The van der Waals surface area contributed by atoms with Gasteiger partial charge in [-0.1, -0.05) is 17.7 Å². The smallest absolute Gasteiger partial charge is 0.251 e. The van der Waals surface area contributed by atoms with Crippen molar-refractivity contribution in [1.29, 1.82) is 0 Å². The molecular formula is C11H14N2O2. The lowest BCUT2D eigenvalue weighted by molar-refractivity contribution is -0.109. The van der Waals surface area contributed by atoms with Crippen molar-refractivity contribution in [2.24, 2.45) is 0 Å². The highest BCUT2D eigenvalue weighted by molar-refractivity contribution is 5.94. The number of nitrogens with one attached hydrogen (secondary N) is 2. The number of rotatable bonds is 5. The average Bonchev–Trinajstić information content (AvgIpc) is 2.24. The fraction of sp³-hybridized carbons (Fsp3) is 0.273. The van der Waals surface area contributed by atoms with Gasteiger partial charge in [-0.25, -0.2) is 0 Å². The van der Waals surface area contributed by atoms with Crippen LogP contribution in [0.4, 0.5) is 0 Å². The molecule has 0 atom stereocenters. The molecule has 0 aliphatic rings. The van der Waals surface area contributed by atoms with Gasteiger partial charge in [-0.3, -0.25) is 9.59 Å². The summed E-state index contributed by atoms with van der Waals surface area (Å²) < 4.78 is 0. The van der Waals surface area contributed by atoms with Crippen molar-refractivity contribution in [2.45, 2.75) is 6.92 Å². The van der Waals surface area contributed by atoms with Gasteiger partial charge in [-0.2, -0.15) is 0 Å². The SMILES string of the molecule is Cc1cccc(C(=O)NCCNC=O)c1. The second kappa shape index (κ2) is 5.80. The molecule has 0 saturated carbocycles. The second-order valence-electron chi connectivity index (χ2n) is 3.20. The molecule has 0 unspecified atom stereocenters. The second-order valence-corrected chi connectivity index (χ2v) is 3.20. The first-order valence-corrected chi connectivity index (χ1v) is 4.76. The van der Waals surface area contributed by atoms with E-state index in [0.717, 1.165) is 5.56 Å². The first-order valence-electron chi connectivity index (χ1n) is 4.76. The third-order valence-corrected chi connectivity index (χ3v) is 1.92. The molecule has 0 aromatic heterocycles. The van der Waals surface area contributed by atoms with Gasteiger partial charge < -0.3 is 10.6 Å². The number of amides is 2. The molecule has 0 aliphatic carbocycles. The zero-order valence-electron chi connectivity index (χ0n) is 8.62. The molecule has 4 nitrogen and oxygen atoms in total. The summed E-state index contributed by atoms with van der Waals surface area (Å²) >= 11 is 0. The van der Waals surface area contributed by atoms with Crippen LogP contribution in [0.2, 0.25) is 0 Å². The maximum atomic E-state index is 11.5. The largest absolute Gasteiger partial charge is 0.357 e. The number of hydrogen-bond donors (Lipinski definition) is 2. The van der Waals surface area contributed by atoms with Crippen molar-refractivity contribution >= 4 is 12.3 Å². The number of hydrogen-bond acceptors (Lipinski definition) is 2. The summed E-state index contributed by atoms with van der Waals surface area (Å²) in [6.07, 6.45) is 0.610. The van der Waals surface area contributed by atoms with Crippen molar-refractivity contribution < 1.29 is 9.59 Å². The molecule has 0 radical (unpaired) electrons. The zero-order valence-corrected chi connectivity index (χ0v) is 8.62. The lowest BCUT2D eigenvalue weighted by Crippen LogP contribution is -2.31. The van der Waals surface area contributed by atoms with E-state index in [9.17, 15) is 9.59 Å². The molecule has 80 valence electrons. The molecule has 0 aliphatic heterocycles. The van der Waals surface area contributed by atoms with Crippen LogP contribution in [-0.4, -0.2) is 25.4 Å². The molecule has 0 heterocycles. The van der Waals surface area contributed by atoms with E-state index in [-0.39, 0.29) is 5.91 Å². The van der Waals surface area contributed by atoms with E-state index in [1.165, 1.54) is 0 Å². The van der Waals surface area contributed by atoms with Gasteiger partial charge in [0.15, 0.2) is 0 Å². The number of benzene rings is 1. The van der Waals surface area contributed by atoms with Gasteiger partial charge in [0.05, 0.1) is 0 Å². The Morgan fingerprint density at radius 3 is 2.87 bits per heavy atom. The van der Waals surface area contributed by atoms with Crippen molar-refractivity contribution in [1.82, 2.24) is 10.6 Å². The summed E-state index contributed by atoms with van der Waals surface area (Å²) in [7, 11) is 0. The van der Waals surface area contributed by atoms with E-state index in [0.29, 0.717) is 25.1 Å². The van der Waals surface area contributed by atoms with Crippen molar-refractivity contribution in [3.05, 3.63) is 35.4 Å². The molecule has 15 heavy (non-hydrogen) atoms. The van der Waals surface area contributed by atoms with Crippen LogP contribution in [0.15, 0.2) is 24.3 Å². The van der Waals surface area contributed by atoms with Crippen LogP contribution >= 0.6 is 0 Å². The predicted octanol–water partition coefficient (Wildman–Crippen LogP) is 0.471. The first-order chi connectivity index (χ1) is 7.24. The Bertz CT molecular complexity index is 350. The Hall–Kier alpha value is -1.84. The minimum Gasteiger partial charge on any atom is -0.357 e. The predicted molar refractivity (Wildman–Crippen MR) is 57.6 cm³/mol. The molecule has 1 aromatic carbocycles. The normalized spacial score (nSPS) is 9.40. The van der Waals surface area contributed by atoms with Crippen LogP contribution in [0.25, 0.3) is 0 Å². The van der Waals surface area contributed by atoms with Crippen molar-refractivity contribution in [3.63, 3.8) is 0 Å². The molecule has 0 fully saturated rings. The van der Waals surface area contributed by atoms with Crippen LogP contribution in [0.3, 0.4) is 0 Å². The summed E-state index contributed by atoms with van der Waals surface area (Å²) in [6, 6.07) is 7.36. The van der Waals surface area contributed by atoms with Crippen LogP contribution < -0.4 is 10.6 Å². The van der Waals surface area contributed by atoms with Crippen molar-refractivity contribution in [2.75, 3.05) is 13.1 Å². The van der Waals surface area contributed by atoms with E-state index < -0.39 is 0 Å². The van der Waals surface area contributed by atoms with E-state index in [1.807, 2.05) is 25.1 Å². The van der Waals surface area contributed by atoms with Crippen LogP contribution in [0, 0.1) is 6.92 Å². The van der Waals surface area contributed by atoms with Crippen LogP contribution in [0.1, 0.15) is 15.9 Å². The molecule has 2 N–H and O–H groups in total. The molecule has 2 amide bonds. The number of carbonyl (C=O) groups is 2. The lowest BCUT2D eigenvalue weighted by atomic mass is 10.1. The zero-order chi connectivity index (χ0) is 11.1. The highest BCUT2D eigenvalue weighted by atomic mass is 16.1. The molecule has 1 aromatic rings. The van der Waals surface area contributed by atoms with Gasteiger partial charge >= 0.3 is 0 Å². The molecule has 4 heteroatoms. The summed E-state index contributed by atoms with van der Waals surface area (Å²) in [6.45, 7) is 2.82. The fourth-order valence-corrected chi connectivity index (χ4v) is 1.20. The van der Waals surface area contributed by atoms with Gasteiger partial charge in [-0.05, 0) is 19.1 Å². The minimum atomic E-state index is -0.119. The van der Waals surface area contributed by atoms with E-state index in [1.54, 1.807) is 6.07 Å². The van der Waals surface area contributed by atoms with Gasteiger partial charge in [0.1, 0.15) is 0 Å². The Balaban J connectivity index is 2.43. The monoisotopic (exact) mass is 206 g/mol. The Morgan fingerprint density at radius 2 is 2.20 bits per heavy atom. The summed E-state index contributed by atoms with van der Waals surface area (Å²) in [5, 5.41) is 5.17. The van der Waals surface area contributed by atoms with Gasteiger partial charge in [-0.15, -0.1) is 0 Å². The molecular weight excluding hydrogens is 192 g/mol. The van der Waals surface area contributed by atoms with E-state index in [4.69, 9.17) is 0 Å². The van der Waals surface area contributed by atoms with Gasteiger partial charge in [0.2, 0.25) is 6.41 Å². The van der Waals surface area contributed by atoms with Crippen molar-refractivity contribution in [3.8, 4) is 0 Å². The fourth-order valence-electron chi connectivity index (χ4n) is 1.20. The number of carbonyl (C=O) groups excluding carboxylic acids is 2. The quantitative estimate of drug-likeness (QED) is 0.543. The summed E-state index contributed by atoms with van der Waals surface area (Å²) in [5.41, 5.74) is 1.69. The van der Waals surface area contributed by atoms with Crippen LogP contribution in [0.5, 0.6) is 0 Å². The van der Waals surface area contributed by atoms with Gasteiger partial charge in [0, 0.05) is 18.7 Å². The maximum absolute atomic E-state index is 11.5. The maximum Gasteiger partial charge on any atom is 0.251 e. The Labute approximate surface area is 88.7 Å². The van der Waals surface area contributed by atoms with Gasteiger partial charge in [0.25, 0.3) is 5.91 Å². The lowest BCUT2D eigenvalue weighted by Gasteiger charge is -2.04. The average molecular weight is 206 g/mol. The first kappa shape index (κ1) is 11.2. The Morgan fingerprint density at radius 1 is 1.40 bits per heavy atom. The van der Waals surface area contributed by atoms with E-state index >= 15 is 0 Å². The standard InChI is InChI=1S/C11H14N2O2/c1-9-3-2-4-10(7-9)11(15)13-6-5-12-8-14/h2-4,7-8H,5-6H2,1H3,(H,12,14)(H,13,15). The molecule has 1 rings (SSSR count). The van der Waals surface area contributed by atoms with E-state index in [2.05, 4.69) is 10.6 Å². The number of aryl methyl sites for hydroxylation is 1. The Kier molecular flexibility index (Phi) is 4.34.